The summed E-state index contributed by atoms with van der Waals surface area (Å²) in [4.78, 5) is 52.2. The van der Waals surface area contributed by atoms with E-state index in [4.69, 9.17) is 9.26 Å². The number of nitrogens with one attached hydrogen (secondary N) is 2. The van der Waals surface area contributed by atoms with E-state index in [9.17, 15) is 19.2 Å². The zero-order chi connectivity index (χ0) is 26.3. The summed E-state index contributed by atoms with van der Waals surface area (Å²) in [6.07, 6.45) is 2.85. The maximum Gasteiger partial charge on any atom is 0.274 e. The summed E-state index contributed by atoms with van der Waals surface area (Å²) in [6.45, 7) is 11.5. The molecular formula is C26H41N3O6. The molecular weight excluding hydrogens is 450 g/mol. The highest BCUT2D eigenvalue weighted by Crippen LogP contribution is 2.47. The lowest BCUT2D eigenvalue weighted by Gasteiger charge is -2.28. The van der Waals surface area contributed by atoms with E-state index in [2.05, 4.69) is 15.8 Å². The van der Waals surface area contributed by atoms with Crippen LogP contribution in [0, 0.1) is 30.1 Å². The second-order valence-electron chi connectivity index (χ2n) is 10.6. The van der Waals surface area contributed by atoms with Gasteiger partial charge >= 0.3 is 0 Å². The zero-order valence-electron chi connectivity index (χ0n) is 22.1. The number of hydrogen-bond acceptors (Lipinski definition) is 7. The number of carbonyl (C=O) groups excluding carboxylic acids is 4. The maximum atomic E-state index is 13.4. The Morgan fingerprint density at radius 1 is 1.14 bits per heavy atom. The van der Waals surface area contributed by atoms with Crippen LogP contribution in [0.15, 0.2) is 10.6 Å². The van der Waals surface area contributed by atoms with Gasteiger partial charge < -0.3 is 19.9 Å². The molecule has 1 aromatic heterocycles. The Hall–Kier alpha value is -2.55. The number of amides is 2. The van der Waals surface area contributed by atoms with Crippen LogP contribution in [0.4, 0.5) is 0 Å². The van der Waals surface area contributed by atoms with Crippen molar-refractivity contribution in [2.75, 3.05) is 13.7 Å². The highest BCUT2D eigenvalue weighted by atomic mass is 16.5. The van der Waals surface area contributed by atoms with Crippen molar-refractivity contribution in [1.29, 1.82) is 0 Å². The largest absolute Gasteiger partial charge is 0.382 e. The van der Waals surface area contributed by atoms with Gasteiger partial charge in [0.2, 0.25) is 5.91 Å². The van der Waals surface area contributed by atoms with Gasteiger partial charge in [-0.1, -0.05) is 46.2 Å². The van der Waals surface area contributed by atoms with Crippen LogP contribution < -0.4 is 10.6 Å². The summed E-state index contributed by atoms with van der Waals surface area (Å²) in [7, 11) is 1.44. The van der Waals surface area contributed by atoms with Crippen LogP contribution >= 0.6 is 0 Å². The highest BCUT2D eigenvalue weighted by molar-refractivity contribution is 5.98. The minimum atomic E-state index is -0.942. The van der Waals surface area contributed by atoms with E-state index in [1.165, 1.54) is 13.2 Å². The van der Waals surface area contributed by atoms with Gasteiger partial charge in [-0.3, -0.25) is 19.2 Å². The molecule has 4 atom stereocenters. The molecule has 0 saturated heterocycles. The quantitative estimate of drug-likeness (QED) is 0.385. The molecule has 1 aromatic rings. The molecule has 1 heterocycles. The van der Waals surface area contributed by atoms with Crippen molar-refractivity contribution < 1.29 is 28.4 Å². The van der Waals surface area contributed by atoms with Crippen molar-refractivity contribution in [3.05, 3.63) is 17.5 Å². The van der Waals surface area contributed by atoms with Crippen LogP contribution in [-0.2, 0) is 19.1 Å². The lowest BCUT2D eigenvalue weighted by Crippen LogP contribution is -2.49. The Kier molecular flexibility index (Phi) is 10.2. The number of ketones is 2. The van der Waals surface area contributed by atoms with Crippen LogP contribution in [0.3, 0.4) is 0 Å². The van der Waals surface area contributed by atoms with Crippen molar-refractivity contribution in [2.45, 2.75) is 85.7 Å². The average Bonchev–Trinajstić information content (AvgIpc) is 3.40. The zero-order valence-corrected chi connectivity index (χ0v) is 22.1. The fourth-order valence-electron chi connectivity index (χ4n) is 4.12. The third-order valence-corrected chi connectivity index (χ3v) is 6.91. The maximum absolute atomic E-state index is 13.4. The van der Waals surface area contributed by atoms with Crippen molar-refractivity contribution in [3.8, 4) is 0 Å². The second kappa shape index (κ2) is 12.4. The molecule has 9 nitrogen and oxygen atoms in total. The Labute approximate surface area is 208 Å². The summed E-state index contributed by atoms with van der Waals surface area (Å²) in [6, 6.07) is -0.0328. The molecule has 196 valence electrons. The van der Waals surface area contributed by atoms with Gasteiger partial charge in [-0.15, -0.1) is 0 Å². The van der Waals surface area contributed by atoms with Gasteiger partial charge in [0.25, 0.3) is 5.91 Å². The van der Waals surface area contributed by atoms with Crippen LogP contribution in [0.2, 0.25) is 0 Å². The number of ether oxygens (including phenoxy) is 1. The summed E-state index contributed by atoms with van der Waals surface area (Å²) < 4.78 is 10.1. The van der Waals surface area contributed by atoms with Gasteiger partial charge in [-0.05, 0) is 38.0 Å². The van der Waals surface area contributed by atoms with E-state index in [1.54, 1.807) is 6.92 Å². The normalized spacial score (nSPS) is 17.8. The third kappa shape index (κ3) is 7.98. The van der Waals surface area contributed by atoms with Gasteiger partial charge in [-0.25, -0.2) is 0 Å². The minimum Gasteiger partial charge on any atom is -0.382 e. The first-order chi connectivity index (χ1) is 16.4. The second-order valence-corrected chi connectivity index (χ2v) is 10.6. The first kappa shape index (κ1) is 28.7. The van der Waals surface area contributed by atoms with Crippen LogP contribution in [0.25, 0.3) is 0 Å². The molecule has 0 aromatic carbocycles. The molecule has 0 radical (unpaired) electrons. The molecule has 2 amide bonds. The standard InChI is InChI=1S/C26H41N3O6/c1-8-16(4)18(24(32)27-19(11-15(2)3)23(31)26(6)9-10-26)13-22(30)21(14-34-7)28-25(33)20-12-17(5)35-29-20/h12,15-16,18-19,21H,8-11,13-14H2,1-7H3,(H,27,32)(H,28,33)/t16-,18?,19-,21-/m0/s1. The Morgan fingerprint density at radius 2 is 1.80 bits per heavy atom. The van der Waals surface area contributed by atoms with Gasteiger partial charge in [0.15, 0.2) is 17.3 Å². The van der Waals surface area contributed by atoms with Crippen molar-refractivity contribution >= 4 is 23.4 Å². The summed E-state index contributed by atoms with van der Waals surface area (Å²) in [5, 5.41) is 9.30. The molecule has 9 heteroatoms. The van der Waals surface area contributed by atoms with Crippen LogP contribution in [0.5, 0.6) is 0 Å². The number of rotatable bonds is 15. The fraction of sp³-hybridized carbons (Fsp3) is 0.731. The number of aryl methyl sites for hydroxylation is 1. The lowest BCUT2D eigenvalue weighted by atomic mass is 9.84. The number of nitrogens with zero attached hydrogens (tertiary/aromatic N) is 1. The Morgan fingerprint density at radius 3 is 2.29 bits per heavy atom. The predicted molar refractivity (Wildman–Crippen MR) is 131 cm³/mol. The first-order valence-corrected chi connectivity index (χ1v) is 12.5. The number of aromatic nitrogens is 1. The predicted octanol–water partition coefficient (Wildman–Crippen LogP) is 3.25. The Balaban J connectivity index is 2.14. The number of methoxy groups -OCH3 is 1. The Bertz CT molecular complexity index is 905. The topological polar surface area (TPSA) is 128 Å². The summed E-state index contributed by atoms with van der Waals surface area (Å²) >= 11 is 0. The molecule has 2 rings (SSSR count). The molecule has 1 fully saturated rings. The van der Waals surface area contributed by atoms with E-state index in [0.29, 0.717) is 18.6 Å². The average molecular weight is 492 g/mol. The molecule has 2 N–H and O–H groups in total. The molecule has 1 saturated carbocycles. The SMILES string of the molecule is CC[C@H](C)C(CC(=O)[C@H](COC)NC(=O)c1cc(C)on1)C(=O)N[C@@H](CC(C)C)C(=O)C1(C)CC1. The molecule has 1 aliphatic rings. The molecule has 35 heavy (non-hydrogen) atoms. The number of Topliss-reactive ketones (excluding diaryl/α,β-unsaturated/α-hetero) is 2. The smallest absolute Gasteiger partial charge is 0.274 e. The van der Waals surface area contributed by atoms with E-state index >= 15 is 0 Å². The van der Waals surface area contributed by atoms with E-state index in [0.717, 1.165) is 12.8 Å². The van der Waals surface area contributed by atoms with Crippen LogP contribution in [0.1, 0.15) is 83.0 Å². The molecule has 0 aliphatic heterocycles. The third-order valence-electron chi connectivity index (χ3n) is 6.91. The molecule has 1 unspecified atom stereocenters. The van der Waals surface area contributed by atoms with Crippen molar-refractivity contribution in [1.82, 2.24) is 15.8 Å². The fourth-order valence-corrected chi connectivity index (χ4v) is 4.12. The monoisotopic (exact) mass is 491 g/mol. The van der Waals surface area contributed by atoms with Gasteiger partial charge in [-0.2, -0.15) is 0 Å². The molecule has 0 bridgehead atoms. The molecule has 1 aliphatic carbocycles. The van der Waals surface area contributed by atoms with Crippen LogP contribution in [-0.4, -0.2) is 54.3 Å². The lowest BCUT2D eigenvalue weighted by molar-refractivity contribution is -0.135. The highest BCUT2D eigenvalue weighted by Gasteiger charge is 2.48. The molecule has 0 spiro atoms. The van der Waals surface area contributed by atoms with E-state index in [-0.39, 0.29) is 53.4 Å². The van der Waals surface area contributed by atoms with E-state index in [1.807, 2.05) is 34.6 Å². The number of hydrogen-bond donors (Lipinski definition) is 2. The summed E-state index contributed by atoms with van der Waals surface area (Å²) in [5.41, 5.74) is -0.293. The minimum absolute atomic E-state index is 0.0386. The van der Waals surface area contributed by atoms with Gasteiger partial charge in [0.1, 0.15) is 11.8 Å². The van der Waals surface area contributed by atoms with E-state index < -0.39 is 23.9 Å². The first-order valence-electron chi connectivity index (χ1n) is 12.5. The van der Waals surface area contributed by atoms with Crippen molar-refractivity contribution in [2.24, 2.45) is 23.2 Å². The number of carbonyl (C=O) groups is 4. The van der Waals surface area contributed by atoms with Gasteiger partial charge in [0, 0.05) is 30.9 Å². The van der Waals surface area contributed by atoms with Crippen molar-refractivity contribution in [3.63, 3.8) is 0 Å². The summed E-state index contributed by atoms with van der Waals surface area (Å²) in [5.74, 6) is -1.12. The van der Waals surface area contributed by atoms with Gasteiger partial charge in [0.05, 0.1) is 12.6 Å².